The van der Waals surface area contributed by atoms with Crippen molar-refractivity contribution in [1.29, 1.82) is 0 Å². The molecule has 0 unspecified atom stereocenters. The largest absolute Gasteiger partial charge is 0.481 e. The van der Waals surface area contributed by atoms with Gasteiger partial charge in [0.1, 0.15) is 0 Å². The monoisotopic (exact) mass is 239 g/mol. The third-order valence-electron chi connectivity index (χ3n) is 4.54. The van der Waals surface area contributed by atoms with Gasteiger partial charge in [-0.1, -0.05) is 19.8 Å². The molecule has 1 saturated carbocycles. The lowest BCUT2D eigenvalue weighted by atomic mass is 9.84. The molecule has 0 amide bonds. The summed E-state index contributed by atoms with van der Waals surface area (Å²) >= 11 is 0. The van der Waals surface area contributed by atoms with E-state index in [0.29, 0.717) is 12.3 Å². The van der Waals surface area contributed by atoms with Crippen LogP contribution in [0.1, 0.15) is 51.9 Å². The maximum Gasteiger partial charge on any atom is 0.303 e. The Hall–Kier alpha value is -0.570. The Kier molecular flexibility index (Phi) is 4.43. The predicted octanol–water partition coefficient (Wildman–Crippen LogP) is 2.75. The van der Waals surface area contributed by atoms with Crippen LogP contribution in [0.4, 0.5) is 0 Å². The van der Waals surface area contributed by atoms with Crippen LogP contribution < -0.4 is 0 Å². The molecule has 2 rings (SSSR count). The van der Waals surface area contributed by atoms with Crippen molar-refractivity contribution >= 4 is 5.97 Å². The molecule has 0 bridgehead atoms. The standard InChI is InChI=1S/C14H25NO2/c1-11-3-2-4-13(9-11)15-7-5-12(6-8-15)10-14(16)17/h11-13H,2-10H2,1H3,(H,16,17)/t11-,13+/m0/s1. The highest BCUT2D eigenvalue weighted by atomic mass is 16.4. The summed E-state index contributed by atoms with van der Waals surface area (Å²) in [5, 5.41) is 8.80. The average molecular weight is 239 g/mol. The third kappa shape index (κ3) is 3.70. The van der Waals surface area contributed by atoms with Crippen LogP contribution in [-0.2, 0) is 4.79 Å². The molecule has 1 heterocycles. The van der Waals surface area contributed by atoms with Crippen LogP contribution in [0.3, 0.4) is 0 Å². The van der Waals surface area contributed by atoms with Gasteiger partial charge in [-0.05, 0) is 50.6 Å². The molecule has 3 nitrogen and oxygen atoms in total. The zero-order valence-corrected chi connectivity index (χ0v) is 10.9. The second-order valence-electron chi connectivity index (χ2n) is 6.00. The minimum Gasteiger partial charge on any atom is -0.481 e. The maximum atomic E-state index is 10.7. The molecule has 1 aliphatic heterocycles. The van der Waals surface area contributed by atoms with E-state index in [0.717, 1.165) is 37.9 Å². The van der Waals surface area contributed by atoms with E-state index in [2.05, 4.69) is 11.8 Å². The zero-order chi connectivity index (χ0) is 12.3. The summed E-state index contributed by atoms with van der Waals surface area (Å²) in [5.74, 6) is 0.671. The van der Waals surface area contributed by atoms with E-state index < -0.39 is 5.97 Å². The highest BCUT2D eigenvalue weighted by molar-refractivity contribution is 5.67. The first kappa shape index (κ1) is 12.9. The van der Waals surface area contributed by atoms with Gasteiger partial charge in [-0.3, -0.25) is 4.79 Å². The van der Waals surface area contributed by atoms with Crippen LogP contribution in [-0.4, -0.2) is 35.1 Å². The van der Waals surface area contributed by atoms with Gasteiger partial charge in [0.05, 0.1) is 0 Å². The van der Waals surface area contributed by atoms with Gasteiger partial charge in [0.15, 0.2) is 0 Å². The van der Waals surface area contributed by atoms with Crippen LogP contribution in [0.25, 0.3) is 0 Å². The lowest BCUT2D eigenvalue weighted by molar-refractivity contribution is -0.138. The summed E-state index contributed by atoms with van der Waals surface area (Å²) in [7, 11) is 0. The Morgan fingerprint density at radius 3 is 2.53 bits per heavy atom. The number of aliphatic carboxylic acids is 1. The van der Waals surface area contributed by atoms with Crippen molar-refractivity contribution in [2.24, 2.45) is 11.8 Å². The number of carboxylic acid groups (broad SMARTS) is 1. The van der Waals surface area contributed by atoms with Crippen molar-refractivity contribution < 1.29 is 9.90 Å². The molecule has 3 heteroatoms. The highest BCUT2D eigenvalue weighted by Crippen LogP contribution is 2.30. The van der Waals surface area contributed by atoms with Crippen LogP contribution in [0.5, 0.6) is 0 Å². The fourth-order valence-corrected chi connectivity index (χ4v) is 3.50. The molecule has 0 radical (unpaired) electrons. The number of nitrogens with zero attached hydrogens (tertiary/aromatic N) is 1. The lowest BCUT2D eigenvalue weighted by Crippen LogP contribution is -2.43. The van der Waals surface area contributed by atoms with Crippen molar-refractivity contribution in [3.63, 3.8) is 0 Å². The number of hydrogen-bond donors (Lipinski definition) is 1. The fourth-order valence-electron chi connectivity index (χ4n) is 3.50. The molecule has 1 N–H and O–H groups in total. The topological polar surface area (TPSA) is 40.5 Å². The van der Waals surface area contributed by atoms with Gasteiger partial charge in [-0.2, -0.15) is 0 Å². The van der Waals surface area contributed by atoms with E-state index in [1.54, 1.807) is 0 Å². The number of likely N-dealkylation sites (tertiary alicyclic amines) is 1. The van der Waals surface area contributed by atoms with Gasteiger partial charge in [-0.15, -0.1) is 0 Å². The molecule has 2 atom stereocenters. The van der Waals surface area contributed by atoms with E-state index in [-0.39, 0.29) is 0 Å². The number of hydrogen-bond acceptors (Lipinski definition) is 2. The highest BCUT2D eigenvalue weighted by Gasteiger charge is 2.28. The lowest BCUT2D eigenvalue weighted by Gasteiger charge is -2.40. The Balaban J connectivity index is 1.76. The van der Waals surface area contributed by atoms with Gasteiger partial charge in [0.25, 0.3) is 0 Å². The van der Waals surface area contributed by atoms with Gasteiger partial charge in [-0.25, -0.2) is 0 Å². The molecular weight excluding hydrogens is 214 g/mol. The second-order valence-corrected chi connectivity index (χ2v) is 6.00. The van der Waals surface area contributed by atoms with Crippen molar-refractivity contribution in [2.45, 2.75) is 57.9 Å². The van der Waals surface area contributed by atoms with Crippen LogP contribution in [0.15, 0.2) is 0 Å². The van der Waals surface area contributed by atoms with E-state index in [4.69, 9.17) is 5.11 Å². The summed E-state index contributed by atoms with van der Waals surface area (Å²) < 4.78 is 0. The normalized spacial score (nSPS) is 32.5. The summed E-state index contributed by atoms with van der Waals surface area (Å²) in [6.07, 6.45) is 8.01. The fraction of sp³-hybridized carbons (Fsp3) is 0.929. The summed E-state index contributed by atoms with van der Waals surface area (Å²) in [6, 6.07) is 0.782. The number of carbonyl (C=O) groups is 1. The molecule has 1 saturated heterocycles. The minimum absolute atomic E-state index is 0.370. The minimum atomic E-state index is -0.630. The molecule has 0 aromatic heterocycles. The molecule has 0 aromatic carbocycles. The molecule has 2 aliphatic rings. The van der Waals surface area contributed by atoms with E-state index >= 15 is 0 Å². The molecular formula is C14H25NO2. The van der Waals surface area contributed by atoms with E-state index in [9.17, 15) is 4.79 Å². The van der Waals surface area contributed by atoms with Gasteiger partial charge in [0.2, 0.25) is 0 Å². The Labute approximate surface area is 104 Å². The Morgan fingerprint density at radius 2 is 1.94 bits per heavy atom. The quantitative estimate of drug-likeness (QED) is 0.823. The number of carboxylic acids is 1. The average Bonchev–Trinajstić information content (AvgIpc) is 2.29. The van der Waals surface area contributed by atoms with Crippen LogP contribution in [0.2, 0.25) is 0 Å². The summed E-state index contributed by atoms with van der Waals surface area (Å²) in [6.45, 7) is 4.61. The Morgan fingerprint density at radius 1 is 1.24 bits per heavy atom. The van der Waals surface area contributed by atoms with Crippen LogP contribution >= 0.6 is 0 Å². The van der Waals surface area contributed by atoms with Crippen molar-refractivity contribution in [2.75, 3.05) is 13.1 Å². The third-order valence-corrected chi connectivity index (χ3v) is 4.54. The molecule has 98 valence electrons. The Bertz CT molecular complexity index is 259. The van der Waals surface area contributed by atoms with Gasteiger partial charge < -0.3 is 10.0 Å². The SMILES string of the molecule is C[C@H]1CCC[C@@H](N2CCC(CC(=O)O)CC2)C1. The molecule has 0 aromatic rings. The molecule has 1 aliphatic carbocycles. The first-order valence-corrected chi connectivity index (χ1v) is 7.11. The maximum absolute atomic E-state index is 10.7. The summed E-state index contributed by atoms with van der Waals surface area (Å²) in [5.41, 5.74) is 0. The van der Waals surface area contributed by atoms with Crippen molar-refractivity contribution in [1.82, 2.24) is 4.90 Å². The summed E-state index contributed by atoms with van der Waals surface area (Å²) in [4.78, 5) is 13.3. The second kappa shape index (κ2) is 5.85. The first-order valence-electron chi connectivity index (χ1n) is 7.11. The van der Waals surface area contributed by atoms with Crippen molar-refractivity contribution in [3.05, 3.63) is 0 Å². The number of piperidine rings is 1. The predicted molar refractivity (Wildman–Crippen MR) is 68.0 cm³/mol. The van der Waals surface area contributed by atoms with E-state index in [1.807, 2.05) is 0 Å². The molecule has 17 heavy (non-hydrogen) atoms. The molecule has 2 fully saturated rings. The van der Waals surface area contributed by atoms with Gasteiger partial charge in [0, 0.05) is 12.5 Å². The van der Waals surface area contributed by atoms with Gasteiger partial charge >= 0.3 is 5.97 Å². The first-order chi connectivity index (χ1) is 8.15. The smallest absolute Gasteiger partial charge is 0.303 e. The zero-order valence-electron chi connectivity index (χ0n) is 10.9. The van der Waals surface area contributed by atoms with Crippen LogP contribution in [0, 0.1) is 11.8 Å². The number of rotatable bonds is 3. The van der Waals surface area contributed by atoms with Crippen molar-refractivity contribution in [3.8, 4) is 0 Å². The molecule has 0 spiro atoms. The van der Waals surface area contributed by atoms with E-state index in [1.165, 1.54) is 25.7 Å².